The van der Waals surface area contributed by atoms with Crippen LogP contribution in [0.5, 0.6) is 0 Å². The van der Waals surface area contributed by atoms with Gasteiger partial charge in [-0.15, -0.1) is 11.3 Å². The van der Waals surface area contributed by atoms with Crippen LogP contribution in [0, 0.1) is 0 Å². The molecule has 4 nitrogen and oxygen atoms in total. The maximum absolute atomic E-state index is 12.0. The molecule has 2 aromatic rings. The summed E-state index contributed by atoms with van der Waals surface area (Å²) in [7, 11) is 0. The Balaban J connectivity index is 2.18. The van der Waals surface area contributed by atoms with Crippen LogP contribution in [0.2, 0.25) is 0 Å². The van der Waals surface area contributed by atoms with E-state index in [2.05, 4.69) is 26.2 Å². The Bertz CT molecular complexity index is 640. The molecular weight excluding hydrogens is 352 g/mol. The van der Waals surface area contributed by atoms with Crippen LogP contribution >= 0.6 is 27.3 Å². The Morgan fingerprint density at radius 1 is 1.43 bits per heavy atom. The average Bonchev–Trinajstić information content (AvgIpc) is 2.91. The van der Waals surface area contributed by atoms with Gasteiger partial charge in [-0.05, 0) is 48.8 Å². The van der Waals surface area contributed by atoms with E-state index in [4.69, 9.17) is 4.74 Å². The monoisotopic (exact) mass is 368 g/mol. The van der Waals surface area contributed by atoms with Gasteiger partial charge in [0.05, 0.1) is 18.0 Å². The number of nitrogens with one attached hydrogen (secondary N) is 1. The summed E-state index contributed by atoms with van der Waals surface area (Å²) in [5.41, 5.74) is 0.897. The molecule has 1 aromatic carbocycles. The van der Waals surface area contributed by atoms with Crippen LogP contribution in [0.15, 0.2) is 34.1 Å². The fraction of sp³-hybridized carbons (Fsp3) is 0.333. The Morgan fingerprint density at radius 2 is 2.14 bits per heavy atom. The van der Waals surface area contributed by atoms with Crippen molar-refractivity contribution in [1.82, 2.24) is 4.98 Å². The molecule has 2 rings (SSSR count). The van der Waals surface area contributed by atoms with Crippen molar-refractivity contribution in [3.63, 3.8) is 0 Å². The summed E-state index contributed by atoms with van der Waals surface area (Å²) in [5, 5.41) is 5.87. The lowest BCUT2D eigenvalue weighted by Gasteiger charge is -2.19. The number of anilines is 2. The first kappa shape index (κ1) is 16.0. The number of carbonyl (C=O) groups excluding carboxylic acids is 1. The van der Waals surface area contributed by atoms with E-state index in [1.807, 2.05) is 43.5 Å². The van der Waals surface area contributed by atoms with Crippen molar-refractivity contribution >= 4 is 44.1 Å². The van der Waals surface area contributed by atoms with Crippen molar-refractivity contribution in [2.75, 3.05) is 11.9 Å². The lowest BCUT2D eigenvalue weighted by molar-refractivity contribution is -0.148. The van der Waals surface area contributed by atoms with Crippen molar-refractivity contribution in [3.8, 4) is 0 Å². The number of carbonyl (C=O) groups is 1. The molecule has 1 heterocycles. The zero-order chi connectivity index (χ0) is 15.5. The van der Waals surface area contributed by atoms with Gasteiger partial charge < -0.3 is 10.1 Å². The molecule has 0 spiro atoms. The van der Waals surface area contributed by atoms with Crippen LogP contribution in [0.4, 0.5) is 10.8 Å². The number of hydrogen-bond acceptors (Lipinski definition) is 5. The van der Waals surface area contributed by atoms with E-state index in [1.54, 1.807) is 6.92 Å². The van der Waals surface area contributed by atoms with Crippen LogP contribution < -0.4 is 5.32 Å². The molecule has 0 atom stereocenters. The molecule has 0 aliphatic heterocycles. The number of halogens is 1. The van der Waals surface area contributed by atoms with Gasteiger partial charge in [0.25, 0.3) is 0 Å². The Kier molecular flexibility index (Phi) is 5.00. The second-order valence-corrected chi connectivity index (χ2v) is 6.70. The molecule has 0 saturated heterocycles. The molecule has 1 N–H and O–H groups in total. The van der Waals surface area contributed by atoms with Crippen molar-refractivity contribution in [2.45, 2.75) is 26.2 Å². The van der Waals surface area contributed by atoms with Crippen LogP contribution in [-0.2, 0) is 14.9 Å². The first-order valence-corrected chi connectivity index (χ1v) is 8.27. The second-order valence-electron chi connectivity index (χ2n) is 4.99. The lowest BCUT2D eigenvalue weighted by Crippen LogP contribution is -2.31. The zero-order valence-corrected chi connectivity index (χ0v) is 14.5. The van der Waals surface area contributed by atoms with Gasteiger partial charge in [-0.3, -0.25) is 4.79 Å². The minimum Gasteiger partial charge on any atom is -0.465 e. The van der Waals surface area contributed by atoms with Crippen molar-refractivity contribution in [1.29, 1.82) is 0 Å². The van der Waals surface area contributed by atoms with Crippen LogP contribution in [-0.4, -0.2) is 17.6 Å². The molecule has 0 bridgehead atoms. The largest absolute Gasteiger partial charge is 0.465 e. The molecule has 0 saturated carbocycles. The Hall–Kier alpha value is -1.40. The number of thiazole rings is 1. The van der Waals surface area contributed by atoms with Crippen LogP contribution in [0.25, 0.3) is 0 Å². The van der Waals surface area contributed by atoms with Gasteiger partial charge in [0.15, 0.2) is 5.13 Å². The standard InChI is InChI=1S/C15H17BrN2O2S/c1-4-20-13(19)15(2,3)12-9-21-14(18-12)17-11-8-6-5-7-10(11)16/h5-9H,4H2,1-3H3,(H,17,18). The quantitative estimate of drug-likeness (QED) is 0.789. The number of nitrogens with zero attached hydrogens (tertiary/aromatic N) is 1. The topological polar surface area (TPSA) is 51.2 Å². The van der Waals surface area contributed by atoms with E-state index < -0.39 is 5.41 Å². The van der Waals surface area contributed by atoms with Gasteiger partial charge in [0.2, 0.25) is 0 Å². The molecule has 112 valence electrons. The third-order valence-corrected chi connectivity index (χ3v) is 4.49. The predicted octanol–water partition coefficient (Wildman–Crippen LogP) is 4.49. The molecule has 0 unspecified atom stereocenters. The van der Waals surface area contributed by atoms with E-state index >= 15 is 0 Å². The van der Waals surface area contributed by atoms with E-state index in [9.17, 15) is 4.79 Å². The third kappa shape index (κ3) is 3.63. The predicted molar refractivity (Wildman–Crippen MR) is 89.2 cm³/mol. The fourth-order valence-corrected chi connectivity index (χ4v) is 2.99. The summed E-state index contributed by atoms with van der Waals surface area (Å²) in [4.78, 5) is 16.5. The summed E-state index contributed by atoms with van der Waals surface area (Å²) in [5.74, 6) is -0.261. The van der Waals surface area contributed by atoms with Gasteiger partial charge in [0.1, 0.15) is 5.41 Å². The summed E-state index contributed by atoms with van der Waals surface area (Å²) in [6.07, 6.45) is 0. The highest BCUT2D eigenvalue weighted by Gasteiger charge is 2.33. The average molecular weight is 369 g/mol. The lowest BCUT2D eigenvalue weighted by atomic mass is 9.90. The third-order valence-electron chi connectivity index (χ3n) is 3.05. The first-order valence-electron chi connectivity index (χ1n) is 6.60. The Morgan fingerprint density at radius 3 is 2.81 bits per heavy atom. The minimum atomic E-state index is -0.750. The second kappa shape index (κ2) is 6.58. The molecule has 6 heteroatoms. The smallest absolute Gasteiger partial charge is 0.317 e. The fourth-order valence-electron chi connectivity index (χ4n) is 1.71. The molecule has 1 aromatic heterocycles. The zero-order valence-electron chi connectivity index (χ0n) is 12.1. The van der Waals surface area contributed by atoms with Gasteiger partial charge >= 0.3 is 5.97 Å². The van der Waals surface area contributed by atoms with Crippen molar-refractivity contribution < 1.29 is 9.53 Å². The maximum Gasteiger partial charge on any atom is 0.317 e. The van der Waals surface area contributed by atoms with Crippen molar-refractivity contribution in [2.24, 2.45) is 0 Å². The summed E-state index contributed by atoms with van der Waals surface area (Å²) < 4.78 is 6.07. The van der Waals surface area contributed by atoms with E-state index in [0.717, 1.165) is 15.3 Å². The van der Waals surface area contributed by atoms with Gasteiger partial charge in [-0.1, -0.05) is 12.1 Å². The molecule has 0 amide bonds. The molecule has 0 radical (unpaired) electrons. The first-order chi connectivity index (χ1) is 9.95. The molecule has 0 aliphatic carbocycles. The number of rotatable bonds is 5. The van der Waals surface area contributed by atoms with E-state index in [0.29, 0.717) is 12.3 Å². The van der Waals surface area contributed by atoms with Crippen LogP contribution in [0.3, 0.4) is 0 Å². The van der Waals surface area contributed by atoms with E-state index in [-0.39, 0.29) is 5.97 Å². The molecular formula is C15H17BrN2O2S. The highest BCUT2D eigenvalue weighted by atomic mass is 79.9. The summed E-state index contributed by atoms with van der Waals surface area (Å²) >= 11 is 4.95. The maximum atomic E-state index is 12.0. The molecule has 21 heavy (non-hydrogen) atoms. The summed E-state index contributed by atoms with van der Waals surface area (Å²) in [6, 6.07) is 7.82. The van der Waals surface area contributed by atoms with Gasteiger partial charge in [0, 0.05) is 9.85 Å². The number of ether oxygens (including phenoxy) is 1. The van der Waals surface area contributed by atoms with Gasteiger partial charge in [-0.2, -0.15) is 0 Å². The molecule has 0 fully saturated rings. The summed E-state index contributed by atoms with van der Waals surface area (Å²) in [6.45, 7) is 5.81. The Labute approximate surface area is 136 Å². The number of esters is 1. The van der Waals surface area contributed by atoms with E-state index in [1.165, 1.54) is 11.3 Å². The number of benzene rings is 1. The van der Waals surface area contributed by atoms with Gasteiger partial charge in [-0.25, -0.2) is 4.98 Å². The van der Waals surface area contributed by atoms with Crippen molar-refractivity contribution in [3.05, 3.63) is 39.8 Å². The normalized spacial score (nSPS) is 11.2. The SMILES string of the molecule is CCOC(=O)C(C)(C)c1csc(Nc2ccccc2Br)n1. The molecule has 0 aliphatic rings. The highest BCUT2D eigenvalue weighted by Crippen LogP contribution is 2.31. The number of hydrogen-bond donors (Lipinski definition) is 1. The van der Waals surface area contributed by atoms with Crippen LogP contribution in [0.1, 0.15) is 26.5 Å². The number of aromatic nitrogens is 1. The number of para-hydroxylation sites is 1. The minimum absolute atomic E-state index is 0.261. The highest BCUT2D eigenvalue weighted by molar-refractivity contribution is 9.10.